The first kappa shape index (κ1) is 15.0. The van der Waals surface area contributed by atoms with Gasteiger partial charge in [0.1, 0.15) is 5.82 Å². The van der Waals surface area contributed by atoms with Crippen LogP contribution in [0.5, 0.6) is 0 Å². The van der Waals surface area contributed by atoms with Crippen molar-refractivity contribution in [2.75, 3.05) is 5.01 Å². The molecule has 0 fully saturated rings. The third-order valence-corrected chi connectivity index (χ3v) is 3.42. The highest BCUT2D eigenvalue weighted by Crippen LogP contribution is 2.17. The summed E-state index contributed by atoms with van der Waals surface area (Å²) in [4.78, 5) is 0. The molecule has 3 heteroatoms. The molecule has 23 heavy (non-hydrogen) atoms. The highest BCUT2D eigenvalue weighted by molar-refractivity contribution is 5.80. The van der Waals surface area contributed by atoms with E-state index in [2.05, 4.69) is 17.2 Å². The number of hydrogen-bond donors (Lipinski definition) is 0. The van der Waals surface area contributed by atoms with E-state index < -0.39 is 0 Å². The van der Waals surface area contributed by atoms with Crippen molar-refractivity contribution in [2.45, 2.75) is 6.54 Å². The zero-order valence-electron chi connectivity index (χ0n) is 12.6. The van der Waals surface area contributed by atoms with Gasteiger partial charge in [-0.15, -0.1) is 0 Å². The van der Waals surface area contributed by atoms with Crippen LogP contribution in [0.2, 0.25) is 0 Å². The maximum Gasteiger partial charge on any atom is 0.123 e. The molecule has 0 aliphatic rings. The molecule has 0 N–H and O–H groups in total. The standard InChI is InChI=1S/C20H17FN2/c21-19-11-7-10-18(14-19)15-22-23(20-12-5-2-6-13-20)16-17-8-3-1-4-9-17/h1-15H,16H2/b22-15-. The molecule has 0 saturated carbocycles. The summed E-state index contributed by atoms with van der Waals surface area (Å²) in [7, 11) is 0. The molecule has 0 aromatic heterocycles. The van der Waals surface area contributed by atoms with Crippen LogP contribution >= 0.6 is 0 Å². The Kier molecular flexibility index (Phi) is 4.79. The maximum atomic E-state index is 13.3. The first-order chi connectivity index (χ1) is 11.3. The van der Waals surface area contributed by atoms with Gasteiger partial charge in [-0.3, -0.25) is 5.01 Å². The molecule has 114 valence electrons. The van der Waals surface area contributed by atoms with Crippen molar-refractivity contribution in [3.8, 4) is 0 Å². The van der Waals surface area contributed by atoms with E-state index in [9.17, 15) is 4.39 Å². The van der Waals surface area contributed by atoms with Gasteiger partial charge >= 0.3 is 0 Å². The fraction of sp³-hybridized carbons (Fsp3) is 0.0500. The topological polar surface area (TPSA) is 15.6 Å². The van der Waals surface area contributed by atoms with Crippen molar-refractivity contribution < 1.29 is 4.39 Å². The van der Waals surface area contributed by atoms with Crippen molar-refractivity contribution in [1.82, 2.24) is 0 Å². The molecule has 0 bridgehead atoms. The zero-order valence-corrected chi connectivity index (χ0v) is 12.6. The quantitative estimate of drug-likeness (QED) is 0.485. The lowest BCUT2D eigenvalue weighted by atomic mass is 10.2. The number of anilines is 1. The van der Waals surface area contributed by atoms with Crippen LogP contribution in [0.25, 0.3) is 0 Å². The molecule has 0 amide bonds. The van der Waals surface area contributed by atoms with Gasteiger partial charge in [0.05, 0.1) is 18.4 Å². The van der Waals surface area contributed by atoms with Gasteiger partial charge in [-0.1, -0.05) is 60.7 Å². The second kappa shape index (κ2) is 7.36. The second-order valence-corrected chi connectivity index (χ2v) is 5.18. The van der Waals surface area contributed by atoms with E-state index in [-0.39, 0.29) is 5.82 Å². The minimum Gasteiger partial charge on any atom is -0.261 e. The molecule has 0 heterocycles. The normalized spacial score (nSPS) is 10.8. The van der Waals surface area contributed by atoms with Crippen molar-refractivity contribution in [2.24, 2.45) is 5.10 Å². The van der Waals surface area contributed by atoms with Gasteiger partial charge in [0, 0.05) is 0 Å². The van der Waals surface area contributed by atoms with Crippen molar-refractivity contribution in [3.05, 3.63) is 102 Å². The van der Waals surface area contributed by atoms with E-state index in [1.165, 1.54) is 12.1 Å². The van der Waals surface area contributed by atoms with E-state index in [0.29, 0.717) is 6.54 Å². The average Bonchev–Trinajstić information content (AvgIpc) is 2.60. The van der Waals surface area contributed by atoms with Gasteiger partial charge in [-0.2, -0.15) is 5.10 Å². The minimum absolute atomic E-state index is 0.261. The van der Waals surface area contributed by atoms with Crippen LogP contribution in [0, 0.1) is 5.82 Å². The summed E-state index contributed by atoms with van der Waals surface area (Å²) in [5.41, 5.74) is 2.88. The highest BCUT2D eigenvalue weighted by Gasteiger charge is 2.05. The number of halogens is 1. The molecule has 0 spiro atoms. The fourth-order valence-corrected chi connectivity index (χ4v) is 2.28. The van der Waals surface area contributed by atoms with Gasteiger partial charge in [-0.25, -0.2) is 4.39 Å². The van der Waals surface area contributed by atoms with Gasteiger partial charge in [0.15, 0.2) is 0 Å². The van der Waals surface area contributed by atoms with Crippen LogP contribution in [0.1, 0.15) is 11.1 Å². The maximum absolute atomic E-state index is 13.3. The summed E-state index contributed by atoms with van der Waals surface area (Å²) < 4.78 is 13.3. The molecule has 3 rings (SSSR count). The van der Waals surface area contributed by atoms with Gasteiger partial charge in [-0.05, 0) is 35.4 Å². The minimum atomic E-state index is -0.261. The monoisotopic (exact) mass is 304 g/mol. The summed E-state index contributed by atoms with van der Waals surface area (Å²) in [5, 5.41) is 6.45. The van der Waals surface area contributed by atoms with E-state index in [4.69, 9.17) is 0 Å². The van der Waals surface area contributed by atoms with Crippen LogP contribution in [-0.2, 0) is 6.54 Å². The van der Waals surface area contributed by atoms with Gasteiger partial charge in [0.2, 0.25) is 0 Å². The molecule has 0 saturated heterocycles. The molecule has 0 radical (unpaired) electrons. The van der Waals surface area contributed by atoms with Crippen molar-refractivity contribution in [1.29, 1.82) is 0 Å². The van der Waals surface area contributed by atoms with Gasteiger partial charge in [0.25, 0.3) is 0 Å². The number of rotatable bonds is 5. The Morgan fingerprint density at radius 3 is 2.22 bits per heavy atom. The Labute approximate surface area is 135 Å². The number of benzene rings is 3. The Morgan fingerprint density at radius 1 is 0.826 bits per heavy atom. The molecule has 0 unspecified atom stereocenters. The van der Waals surface area contributed by atoms with E-state index in [0.717, 1.165) is 16.8 Å². The summed E-state index contributed by atoms with van der Waals surface area (Å²) in [6.07, 6.45) is 1.68. The predicted molar refractivity (Wildman–Crippen MR) is 93.1 cm³/mol. The predicted octanol–water partition coefficient (Wildman–Crippen LogP) is 4.87. The molecule has 0 atom stereocenters. The van der Waals surface area contributed by atoms with Crippen LogP contribution in [0.15, 0.2) is 90.0 Å². The van der Waals surface area contributed by atoms with Crippen molar-refractivity contribution in [3.63, 3.8) is 0 Å². The first-order valence-electron chi connectivity index (χ1n) is 7.47. The molecule has 2 nitrogen and oxygen atoms in total. The smallest absolute Gasteiger partial charge is 0.123 e. The lowest BCUT2D eigenvalue weighted by Gasteiger charge is -2.19. The Balaban J connectivity index is 1.86. The number of hydrazone groups is 1. The fourth-order valence-electron chi connectivity index (χ4n) is 2.28. The van der Waals surface area contributed by atoms with E-state index >= 15 is 0 Å². The second-order valence-electron chi connectivity index (χ2n) is 5.18. The molecular weight excluding hydrogens is 287 g/mol. The molecule has 0 aliphatic carbocycles. The number of hydrogen-bond acceptors (Lipinski definition) is 2. The Morgan fingerprint density at radius 2 is 1.52 bits per heavy atom. The molecule has 0 aliphatic heterocycles. The zero-order chi connectivity index (χ0) is 15.9. The number of nitrogens with zero attached hydrogens (tertiary/aromatic N) is 2. The Hall–Kier alpha value is -2.94. The Bertz CT molecular complexity index is 770. The largest absolute Gasteiger partial charge is 0.261 e. The summed E-state index contributed by atoms with van der Waals surface area (Å²) in [5.74, 6) is -0.261. The molecular formula is C20H17FN2. The SMILES string of the molecule is Fc1cccc(/C=N\N(Cc2ccccc2)c2ccccc2)c1. The summed E-state index contributed by atoms with van der Waals surface area (Å²) in [6.45, 7) is 0.649. The first-order valence-corrected chi connectivity index (χ1v) is 7.47. The summed E-state index contributed by atoms with van der Waals surface area (Å²) in [6, 6.07) is 26.5. The lowest BCUT2D eigenvalue weighted by Crippen LogP contribution is -2.16. The van der Waals surface area contributed by atoms with Crippen LogP contribution in [-0.4, -0.2) is 6.21 Å². The summed E-state index contributed by atoms with van der Waals surface area (Å²) >= 11 is 0. The number of para-hydroxylation sites is 1. The van der Waals surface area contributed by atoms with E-state index in [1.807, 2.05) is 59.6 Å². The van der Waals surface area contributed by atoms with Crippen LogP contribution in [0.4, 0.5) is 10.1 Å². The highest BCUT2D eigenvalue weighted by atomic mass is 19.1. The van der Waals surface area contributed by atoms with Crippen LogP contribution < -0.4 is 5.01 Å². The third-order valence-electron chi connectivity index (χ3n) is 3.42. The molecule has 3 aromatic rings. The van der Waals surface area contributed by atoms with Crippen LogP contribution in [0.3, 0.4) is 0 Å². The average molecular weight is 304 g/mol. The molecule has 3 aromatic carbocycles. The van der Waals surface area contributed by atoms with E-state index in [1.54, 1.807) is 12.3 Å². The lowest BCUT2D eigenvalue weighted by molar-refractivity contribution is 0.627. The van der Waals surface area contributed by atoms with Gasteiger partial charge < -0.3 is 0 Å². The van der Waals surface area contributed by atoms with Crippen molar-refractivity contribution >= 4 is 11.9 Å². The third kappa shape index (κ3) is 4.27.